The molecule has 0 aromatic heterocycles. The van der Waals surface area contributed by atoms with E-state index >= 15 is 0 Å². The number of ketones is 1. The van der Waals surface area contributed by atoms with Crippen LogP contribution in [0.3, 0.4) is 0 Å². The van der Waals surface area contributed by atoms with Crippen molar-refractivity contribution in [2.75, 3.05) is 6.61 Å². The van der Waals surface area contributed by atoms with Crippen LogP contribution in [0.4, 0.5) is 0 Å². The molecule has 0 aromatic carbocycles. The zero-order valence-corrected chi connectivity index (χ0v) is 25.5. The average molecular weight is 582 g/mol. The molecule has 5 nitrogen and oxygen atoms in total. The number of fused-ring (bicyclic) bond motifs is 5. The van der Waals surface area contributed by atoms with Crippen molar-refractivity contribution in [2.24, 2.45) is 52.3 Å². The molecule has 0 aromatic rings. The van der Waals surface area contributed by atoms with Gasteiger partial charge in [-0.2, -0.15) is 0 Å². The van der Waals surface area contributed by atoms with Gasteiger partial charge in [0.15, 0.2) is 0 Å². The van der Waals surface area contributed by atoms with Gasteiger partial charge in [-0.3, -0.25) is 14.4 Å². The van der Waals surface area contributed by atoms with Crippen LogP contribution in [0, 0.1) is 52.3 Å². The van der Waals surface area contributed by atoms with Crippen LogP contribution < -0.4 is 0 Å². The smallest absolute Gasteiger partial charge is 0.302 e. The molecule has 0 spiro atoms. The number of rotatable bonds is 8. The van der Waals surface area contributed by atoms with Crippen LogP contribution in [0.5, 0.6) is 0 Å². The van der Waals surface area contributed by atoms with Crippen molar-refractivity contribution in [1.29, 1.82) is 0 Å². The number of carbonyl (C=O) groups excluding carboxylic acids is 3. The van der Waals surface area contributed by atoms with Crippen molar-refractivity contribution >= 4 is 33.7 Å². The molecule has 0 aliphatic heterocycles. The number of hydrogen-bond acceptors (Lipinski definition) is 5. The molecular weight excluding hydrogens is 532 g/mol. The third-order valence-corrected chi connectivity index (χ3v) is 12.5. The maximum absolute atomic E-state index is 13.4. The largest absolute Gasteiger partial charge is 0.466 e. The highest BCUT2D eigenvalue weighted by Gasteiger charge is 2.63. The first kappa shape index (κ1) is 29.1. The Hall–Kier alpha value is -0.910. The van der Waals surface area contributed by atoms with E-state index in [1.54, 1.807) is 0 Å². The van der Waals surface area contributed by atoms with E-state index in [2.05, 4.69) is 43.6 Å². The van der Waals surface area contributed by atoms with Gasteiger partial charge in [0.05, 0.1) is 6.61 Å². The zero-order chi connectivity index (χ0) is 27.1. The van der Waals surface area contributed by atoms with Gasteiger partial charge in [0.1, 0.15) is 11.9 Å². The highest BCUT2D eigenvalue weighted by atomic mass is 79.9. The number of halogens is 1. The molecule has 11 unspecified atom stereocenters. The summed E-state index contributed by atoms with van der Waals surface area (Å²) in [5, 5.41) is 0. The summed E-state index contributed by atoms with van der Waals surface area (Å²) in [6.07, 6.45) is 10.8. The van der Waals surface area contributed by atoms with Gasteiger partial charge in [0, 0.05) is 31.0 Å². The van der Waals surface area contributed by atoms with E-state index in [1.165, 1.54) is 52.4 Å². The Morgan fingerprint density at radius 3 is 2.30 bits per heavy atom. The van der Waals surface area contributed by atoms with Crippen LogP contribution in [0.25, 0.3) is 0 Å². The van der Waals surface area contributed by atoms with Crippen LogP contribution in [0.15, 0.2) is 0 Å². The average Bonchev–Trinajstić information content (AvgIpc) is 3.10. The Bertz CT molecular complexity index is 874. The maximum Gasteiger partial charge on any atom is 0.302 e. The minimum absolute atomic E-state index is 0.0444. The third kappa shape index (κ3) is 5.70. The van der Waals surface area contributed by atoms with Crippen molar-refractivity contribution in [2.45, 2.75) is 117 Å². The normalized spacial score (nSPS) is 42.5. The summed E-state index contributed by atoms with van der Waals surface area (Å²) in [6, 6.07) is 0. The Kier molecular flexibility index (Phi) is 8.88. The molecule has 0 bridgehead atoms. The molecule has 6 heteroatoms. The third-order valence-electron chi connectivity index (χ3n) is 11.5. The lowest BCUT2D eigenvalue weighted by Gasteiger charge is -2.61. The van der Waals surface area contributed by atoms with Crippen molar-refractivity contribution in [3.05, 3.63) is 0 Å². The predicted molar refractivity (Wildman–Crippen MR) is 148 cm³/mol. The molecule has 4 fully saturated rings. The van der Waals surface area contributed by atoms with E-state index in [1.807, 2.05) is 0 Å². The summed E-state index contributed by atoms with van der Waals surface area (Å²) in [5.41, 5.74) is 0.548. The van der Waals surface area contributed by atoms with Gasteiger partial charge in [-0.25, -0.2) is 0 Å². The van der Waals surface area contributed by atoms with Crippen LogP contribution in [-0.2, 0) is 23.9 Å². The first-order chi connectivity index (χ1) is 17.4. The second kappa shape index (κ2) is 11.3. The van der Waals surface area contributed by atoms with Crippen LogP contribution >= 0.6 is 15.9 Å². The molecule has 4 rings (SSSR count). The maximum atomic E-state index is 13.4. The molecule has 0 N–H and O–H groups in total. The highest BCUT2D eigenvalue weighted by Crippen LogP contribution is 2.69. The lowest BCUT2D eigenvalue weighted by Crippen LogP contribution is -2.54. The Balaban J connectivity index is 1.42. The summed E-state index contributed by atoms with van der Waals surface area (Å²) >= 11 is 4.09. The van der Waals surface area contributed by atoms with Gasteiger partial charge in [0.2, 0.25) is 0 Å². The summed E-state index contributed by atoms with van der Waals surface area (Å²) in [6.45, 7) is 12.6. The number of carbonyl (C=O) groups is 3. The summed E-state index contributed by atoms with van der Waals surface area (Å²) < 4.78 is 10.8. The Morgan fingerprint density at radius 2 is 1.62 bits per heavy atom. The van der Waals surface area contributed by atoms with Gasteiger partial charge in [0.25, 0.3) is 0 Å². The molecule has 0 heterocycles. The quantitative estimate of drug-likeness (QED) is 0.225. The minimum atomic E-state index is -0.255. The summed E-state index contributed by atoms with van der Waals surface area (Å²) in [4.78, 5) is 36.5. The number of esters is 2. The standard InChI is InChI=1S/C31H49BrO5/c1-18(17-36-20(3)33)7-10-28(35)19(2)29-27(32)16-26-24-9-8-22-15-23(37-21(4)34)11-13-30(22,5)25(24)12-14-31(26,29)6/h18-19,22-27,29H,7-17H2,1-6H3. The molecular formula is C31H49BrO5. The van der Waals surface area contributed by atoms with E-state index in [4.69, 9.17) is 9.47 Å². The fourth-order valence-electron chi connectivity index (χ4n) is 9.61. The van der Waals surface area contributed by atoms with E-state index < -0.39 is 0 Å². The van der Waals surface area contributed by atoms with Crippen LogP contribution in [0.2, 0.25) is 0 Å². The molecule has 4 aliphatic carbocycles. The lowest BCUT2D eigenvalue weighted by atomic mass is 9.44. The van der Waals surface area contributed by atoms with Gasteiger partial charge in [-0.15, -0.1) is 0 Å². The predicted octanol–water partition coefficient (Wildman–Crippen LogP) is 7.14. The van der Waals surface area contributed by atoms with Crippen molar-refractivity contribution in [1.82, 2.24) is 0 Å². The molecule has 0 amide bonds. The molecule has 0 radical (unpaired) electrons. The van der Waals surface area contributed by atoms with Gasteiger partial charge in [-0.05, 0) is 104 Å². The van der Waals surface area contributed by atoms with E-state index in [0.29, 0.717) is 46.8 Å². The first-order valence-electron chi connectivity index (χ1n) is 14.8. The van der Waals surface area contributed by atoms with Gasteiger partial charge < -0.3 is 9.47 Å². The molecule has 4 aliphatic rings. The fourth-order valence-corrected chi connectivity index (χ4v) is 11.1. The minimum Gasteiger partial charge on any atom is -0.466 e. The fraction of sp³-hybridized carbons (Fsp3) is 0.903. The Labute approximate surface area is 232 Å². The number of hydrogen-bond donors (Lipinski definition) is 0. The first-order valence-corrected chi connectivity index (χ1v) is 15.8. The molecule has 4 saturated carbocycles. The lowest BCUT2D eigenvalue weighted by molar-refractivity contribution is -0.160. The van der Waals surface area contributed by atoms with Crippen LogP contribution in [-0.4, -0.2) is 35.3 Å². The van der Waals surface area contributed by atoms with Crippen molar-refractivity contribution < 1.29 is 23.9 Å². The van der Waals surface area contributed by atoms with E-state index in [9.17, 15) is 14.4 Å². The molecule has 11 atom stereocenters. The summed E-state index contributed by atoms with van der Waals surface area (Å²) in [5.74, 6) is 3.40. The van der Waals surface area contributed by atoms with Crippen molar-refractivity contribution in [3.63, 3.8) is 0 Å². The van der Waals surface area contributed by atoms with Crippen LogP contribution in [0.1, 0.15) is 106 Å². The second-order valence-electron chi connectivity index (χ2n) is 13.7. The molecule has 210 valence electrons. The SMILES string of the molecule is CC(=O)OCC(C)CCC(=O)C(C)C1C(Br)CC2C3CCC4CC(OC(C)=O)CCC4(C)C3CCC21C. The van der Waals surface area contributed by atoms with Gasteiger partial charge in [-0.1, -0.05) is 43.6 Å². The zero-order valence-electron chi connectivity index (χ0n) is 23.9. The number of alkyl halides is 1. The monoisotopic (exact) mass is 580 g/mol. The number of ether oxygens (including phenoxy) is 2. The Morgan fingerprint density at radius 1 is 0.919 bits per heavy atom. The van der Waals surface area contributed by atoms with Crippen molar-refractivity contribution in [3.8, 4) is 0 Å². The van der Waals surface area contributed by atoms with E-state index in [-0.39, 0.29) is 35.3 Å². The molecule has 37 heavy (non-hydrogen) atoms. The second-order valence-corrected chi connectivity index (χ2v) is 14.9. The topological polar surface area (TPSA) is 69.7 Å². The molecule has 0 saturated heterocycles. The summed E-state index contributed by atoms with van der Waals surface area (Å²) in [7, 11) is 0. The van der Waals surface area contributed by atoms with Gasteiger partial charge >= 0.3 is 11.9 Å². The van der Waals surface area contributed by atoms with E-state index in [0.717, 1.165) is 31.1 Å². The number of Topliss-reactive ketones (excluding diaryl/α,β-unsaturated/α-hetero) is 1. The highest BCUT2D eigenvalue weighted by molar-refractivity contribution is 9.09.